The number of nitrogens with two attached hydrogens (primary N) is 2. The highest BCUT2D eigenvalue weighted by molar-refractivity contribution is 5.47. The van der Waals surface area contributed by atoms with E-state index in [0.29, 0.717) is 5.69 Å². The Morgan fingerprint density at radius 1 is 1.53 bits per heavy atom. The zero-order valence-electron chi connectivity index (χ0n) is 9.32. The van der Waals surface area contributed by atoms with Crippen LogP contribution in [0.15, 0.2) is 18.5 Å². The average Bonchev–Trinajstić information content (AvgIpc) is 2.21. The van der Waals surface area contributed by atoms with Crippen LogP contribution in [-0.2, 0) is 4.74 Å². The van der Waals surface area contributed by atoms with Gasteiger partial charge in [-0.25, -0.2) is 5.43 Å². The largest absolute Gasteiger partial charge is 0.398 e. The molecule has 0 aliphatic rings. The number of hydrogen-bond acceptors (Lipinski definition) is 5. The highest BCUT2D eigenvalue weighted by Crippen LogP contribution is 2.30. The normalized spacial score (nSPS) is 13.9. The first-order valence-corrected chi connectivity index (χ1v) is 4.73. The lowest BCUT2D eigenvalue weighted by atomic mass is 9.92. The van der Waals surface area contributed by atoms with Crippen LogP contribution in [0.5, 0.6) is 0 Å². The average molecular weight is 210 g/mol. The van der Waals surface area contributed by atoms with E-state index >= 15 is 0 Å². The highest BCUT2D eigenvalue weighted by Gasteiger charge is 2.31. The zero-order chi connectivity index (χ0) is 11.5. The van der Waals surface area contributed by atoms with Crippen LogP contribution in [0.1, 0.15) is 25.5 Å². The monoisotopic (exact) mass is 210 g/mol. The standard InChI is InChI=1S/C10H18N4O/c1-10(2,15-3)9(14-12)7-6-13-5-4-8(7)11/h4-6,9,14H,12H2,1-3H3,(H2,11,13). The number of hydrogen-bond donors (Lipinski definition) is 3. The maximum atomic E-state index is 5.86. The summed E-state index contributed by atoms with van der Waals surface area (Å²) in [6.45, 7) is 3.87. The lowest BCUT2D eigenvalue weighted by Crippen LogP contribution is -2.44. The van der Waals surface area contributed by atoms with E-state index in [4.69, 9.17) is 16.3 Å². The first kappa shape index (κ1) is 11.9. The van der Waals surface area contributed by atoms with E-state index in [1.807, 2.05) is 13.8 Å². The van der Waals surface area contributed by atoms with Gasteiger partial charge in [0.15, 0.2) is 0 Å². The first-order valence-electron chi connectivity index (χ1n) is 4.73. The summed E-state index contributed by atoms with van der Waals surface area (Å²) in [6, 6.07) is 1.54. The summed E-state index contributed by atoms with van der Waals surface area (Å²) in [5.41, 5.74) is 9.60. The minimum atomic E-state index is -0.452. The van der Waals surface area contributed by atoms with Crippen molar-refractivity contribution < 1.29 is 4.74 Å². The number of rotatable bonds is 4. The maximum absolute atomic E-state index is 5.86. The molecule has 84 valence electrons. The van der Waals surface area contributed by atoms with Crippen molar-refractivity contribution in [2.24, 2.45) is 5.84 Å². The van der Waals surface area contributed by atoms with Gasteiger partial charge >= 0.3 is 0 Å². The summed E-state index contributed by atoms with van der Waals surface area (Å²) in [7, 11) is 1.64. The molecule has 1 aromatic heterocycles. The molecule has 0 radical (unpaired) electrons. The van der Waals surface area contributed by atoms with Gasteiger partial charge in [0.2, 0.25) is 0 Å². The summed E-state index contributed by atoms with van der Waals surface area (Å²) >= 11 is 0. The third-order valence-electron chi connectivity index (χ3n) is 2.59. The van der Waals surface area contributed by atoms with Gasteiger partial charge in [0, 0.05) is 30.8 Å². The quantitative estimate of drug-likeness (QED) is 0.500. The molecule has 1 aromatic rings. The van der Waals surface area contributed by atoms with Gasteiger partial charge in [-0.1, -0.05) is 0 Å². The fraction of sp³-hybridized carbons (Fsp3) is 0.500. The molecule has 0 saturated carbocycles. The number of nitrogens with zero attached hydrogens (tertiary/aromatic N) is 1. The molecule has 0 aliphatic heterocycles. The van der Waals surface area contributed by atoms with Gasteiger partial charge in [0.25, 0.3) is 0 Å². The number of hydrazine groups is 1. The van der Waals surface area contributed by atoms with Crippen LogP contribution in [0.4, 0.5) is 5.69 Å². The van der Waals surface area contributed by atoms with Gasteiger partial charge in [-0.2, -0.15) is 0 Å². The Morgan fingerprint density at radius 2 is 2.20 bits per heavy atom. The van der Waals surface area contributed by atoms with E-state index in [9.17, 15) is 0 Å². The lowest BCUT2D eigenvalue weighted by Gasteiger charge is -2.33. The summed E-state index contributed by atoms with van der Waals surface area (Å²) in [4.78, 5) is 4.03. The van der Waals surface area contributed by atoms with Gasteiger partial charge in [0.1, 0.15) is 0 Å². The molecule has 0 saturated heterocycles. The summed E-state index contributed by atoms with van der Waals surface area (Å²) in [6.07, 6.45) is 3.34. The Kier molecular flexibility index (Phi) is 3.62. The van der Waals surface area contributed by atoms with Crippen molar-refractivity contribution in [2.45, 2.75) is 25.5 Å². The minimum absolute atomic E-state index is 0.198. The second-order valence-corrected chi connectivity index (χ2v) is 3.91. The molecule has 0 bridgehead atoms. The molecule has 1 unspecified atom stereocenters. The lowest BCUT2D eigenvalue weighted by molar-refractivity contribution is -0.0110. The van der Waals surface area contributed by atoms with Gasteiger partial charge < -0.3 is 10.5 Å². The van der Waals surface area contributed by atoms with Crippen LogP contribution in [0.25, 0.3) is 0 Å². The van der Waals surface area contributed by atoms with Crippen molar-refractivity contribution in [3.63, 3.8) is 0 Å². The Balaban J connectivity index is 3.08. The number of aromatic nitrogens is 1. The summed E-state index contributed by atoms with van der Waals surface area (Å²) < 4.78 is 5.37. The van der Waals surface area contributed by atoms with Crippen LogP contribution in [0.2, 0.25) is 0 Å². The molecule has 1 rings (SSSR count). The van der Waals surface area contributed by atoms with Crippen molar-refractivity contribution in [3.05, 3.63) is 24.0 Å². The molecule has 5 heteroatoms. The fourth-order valence-electron chi connectivity index (χ4n) is 1.44. The second-order valence-electron chi connectivity index (χ2n) is 3.91. The Hall–Kier alpha value is -1.17. The van der Waals surface area contributed by atoms with Crippen molar-refractivity contribution in [3.8, 4) is 0 Å². The number of anilines is 1. The molecule has 0 aromatic carbocycles. The third kappa shape index (κ3) is 2.44. The molecule has 0 amide bonds. The molecule has 5 N–H and O–H groups in total. The van der Waals surface area contributed by atoms with Crippen molar-refractivity contribution in [1.82, 2.24) is 10.4 Å². The van der Waals surface area contributed by atoms with Crippen molar-refractivity contribution in [1.29, 1.82) is 0 Å². The van der Waals surface area contributed by atoms with E-state index in [2.05, 4.69) is 10.4 Å². The topological polar surface area (TPSA) is 86.2 Å². The molecule has 0 spiro atoms. The van der Waals surface area contributed by atoms with Crippen LogP contribution < -0.4 is 17.0 Å². The second kappa shape index (κ2) is 4.57. The van der Waals surface area contributed by atoms with E-state index in [1.54, 1.807) is 25.6 Å². The number of methoxy groups -OCH3 is 1. The summed E-state index contributed by atoms with van der Waals surface area (Å²) in [5.74, 6) is 5.52. The number of ether oxygens (including phenoxy) is 1. The smallest absolute Gasteiger partial charge is 0.0830 e. The predicted molar refractivity (Wildman–Crippen MR) is 59.8 cm³/mol. The minimum Gasteiger partial charge on any atom is -0.398 e. The van der Waals surface area contributed by atoms with E-state index in [0.717, 1.165) is 5.56 Å². The zero-order valence-corrected chi connectivity index (χ0v) is 9.32. The van der Waals surface area contributed by atoms with Crippen molar-refractivity contribution >= 4 is 5.69 Å². The van der Waals surface area contributed by atoms with Gasteiger partial charge in [-0.3, -0.25) is 10.8 Å². The SMILES string of the molecule is COC(C)(C)C(NN)c1cnccc1N. The predicted octanol–water partition coefficient (Wildman–Crippen LogP) is 0.593. The highest BCUT2D eigenvalue weighted by atomic mass is 16.5. The molecule has 0 aliphatic carbocycles. The Morgan fingerprint density at radius 3 is 2.67 bits per heavy atom. The maximum Gasteiger partial charge on any atom is 0.0830 e. The molecule has 15 heavy (non-hydrogen) atoms. The molecule has 0 fully saturated rings. The summed E-state index contributed by atoms with van der Waals surface area (Å²) in [5, 5.41) is 0. The molecule has 1 heterocycles. The van der Waals surface area contributed by atoms with Crippen LogP contribution >= 0.6 is 0 Å². The third-order valence-corrected chi connectivity index (χ3v) is 2.59. The molecule has 5 nitrogen and oxygen atoms in total. The first-order chi connectivity index (χ1) is 7.03. The fourth-order valence-corrected chi connectivity index (χ4v) is 1.44. The van der Waals surface area contributed by atoms with Gasteiger partial charge in [-0.05, 0) is 19.9 Å². The van der Waals surface area contributed by atoms with Gasteiger partial charge in [-0.15, -0.1) is 0 Å². The van der Waals surface area contributed by atoms with Crippen LogP contribution in [0.3, 0.4) is 0 Å². The van der Waals surface area contributed by atoms with Crippen molar-refractivity contribution in [2.75, 3.05) is 12.8 Å². The van der Waals surface area contributed by atoms with Crippen LogP contribution in [-0.4, -0.2) is 17.7 Å². The Labute approximate surface area is 89.8 Å². The molecular formula is C10H18N4O. The van der Waals surface area contributed by atoms with Gasteiger partial charge in [0.05, 0.1) is 11.6 Å². The van der Waals surface area contributed by atoms with E-state index in [-0.39, 0.29) is 6.04 Å². The molecular weight excluding hydrogens is 192 g/mol. The molecule has 1 atom stereocenters. The van der Waals surface area contributed by atoms with Crippen LogP contribution in [0, 0.1) is 0 Å². The number of nitrogens with one attached hydrogen (secondary N) is 1. The number of pyridine rings is 1. The van der Waals surface area contributed by atoms with E-state index in [1.165, 1.54) is 0 Å². The number of nitrogen functional groups attached to an aromatic ring is 1. The Bertz CT molecular complexity index is 327. The van der Waals surface area contributed by atoms with E-state index < -0.39 is 5.60 Å².